The molecule has 2 aromatic carbocycles. The number of carbonyl (C=O) groups excluding carboxylic acids is 1. The van der Waals surface area contributed by atoms with Crippen LogP contribution in [0.5, 0.6) is 11.5 Å². The first kappa shape index (κ1) is 17.7. The maximum atomic E-state index is 11.2. The van der Waals surface area contributed by atoms with Gasteiger partial charge in [-0.3, -0.25) is 0 Å². The molecule has 0 aliphatic rings. The molecule has 0 saturated carbocycles. The first-order chi connectivity index (χ1) is 9.59. The topological polar surface area (TPSA) is 55.8 Å². The molecule has 0 spiro atoms. The van der Waals surface area contributed by atoms with Crippen molar-refractivity contribution in [1.29, 1.82) is 0 Å². The molecule has 0 heterocycles. The van der Waals surface area contributed by atoms with E-state index in [1.807, 2.05) is 18.2 Å². The fourth-order valence-electron chi connectivity index (χ4n) is 1.80. The average molecular weight is 361 g/mol. The fraction of sp³-hybridized carbons (Fsp3) is 0.188. The van der Waals surface area contributed by atoms with Crippen LogP contribution >= 0.6 is 0 Å². The van der Waals surface area contributed by atoms with E-state index in [4.69, 9.17) is 9.47 Å². The van der Waals surface area contributed by atoms with E-state index in [-0.39, 0.29) is 51.7 Å². The zero-order valence-electron chi connectivity index (χ0n) is 11.8. The summed E-state index contributed by atoms with van der Waals surface area (Å²) >= 11 is 0. The van der Waals surface area contributed by atoms with E-state index in [1.54, 1.807) is 25.1 Å². The van der Waals surface area contributed by atoms with Crippen molar-refractivity contribution in [3.05, 3.63) is 48.6 Å². The number of fused-ring (bicyclic) bond motifs is 1. The van der Waals surface area contributed by atoms with Gasteiger partial charge in [0.05, 0.1) is 0 Å². The second-order valence-electron chi connectivity index (χ2n) is 4.39. The Hall–Kier alpha value is -1.39. The van der Waals surface area contributed by atoms with Crippen LogP contribution in [0.2, 0.25) is 0 Å². The minimum Gasteiger partial charge on any atom is -0.507 e. The van der Waals surface area contributed by atoms with Gasteiger partial charge in [0.2, 0.25) is 0 Å². The monoisotopic (exact) mass is 361 g/mol. The second-order valence-corrected chi connectivity index (χ2v) is 4.39. The number of ether oxygens (including phenoxy) is 2. The number of hydrogen-bond donors (Lipinski definition) is 1. The van der Waals surface area contributed by atoms with E-state index >= 15 is 0 Å². The van der Waals surface area contributed by atoms with Crippen molar-refractivity contribution in [2.75, 3.05) is 13.2 Å². The Morgan fingerprint density at radius 2 is 1.81 bits per heavy atom. The van der Waals surface area contributed by atoms with Gasteiger partial charge in [-0.25, -0.2) is 4.79 Å². The van der Waals surface area contributed by atoms with Crippen LogP contribution in [0.4, 0.5) is 0 Å². The molecule has 1 radical (unpaired) electrons. The Bertz CT molecular complexity index is 652. The Balaban J connectivity index is 0.00000220. The SMILES string of the molecule is C=C(C)C(=O)OCCOc1cccc2c(O)cccc12.[Y]. The van der Waals surface area contributed by atoms with Gasteiger partial charge in [0.25, 0.3) is 0 Å². The molecule has 5 heteroatoms. The summed E-state index contributed by atoms with van der Waals surface area (Å²) in [6.45, 7) is 5.49. The van der Waals surface area contributed by atoms with Crippen molar-refractivity contribution in [1.82, 2.24) is 0 Å². The molecule has 4 nitrogen and oxygen atoms in total. The van der Waals surface area contributed by atoms with Gasteiger partial charge in [0.15, 0.2) is 0 Å². The number of esters is 1. The number of aromatic hydroxyl groups is 1. The van der Waals surface area contributed by atoms with Crippen LogP contribution in [0, 0.1) is 0 Å². The molecule has 0 aliphatic carbocycles. The van der Waals surface area contributed by atoms with Crippen molar-refractivity contribution in [2.24, 2.45) is 0 Å². The van der Waals surface area contributed by atoms with Gasteiger partial charge in [-0.05, 0) is 19.1 Å². The van der Waals surface area contributed by atoms with E-state index in [2.05, 4.69) is 6.58 Å². The average Bonchev–Trinajstić information content (AvgIpc) is 2.44. The first-order valence-electron chi connectivity index (χ1n) is 6.25. The van der Waals surface area contributed by atoms with Gasteiger partial charge in [-0.1, -0.05) is 30.8 Å². The normalized spacial score (nSPS) is 9.76. The quantitative estimate of drug-likeness (QED) is 0.505. The van der Waals surface area contributed by atoms with E-state index < -0.39 is 5.97 Å². The summed E-state index contributed by atoms with van der Waals surface area (Å²) in [5, 5.41) is 11.3. The molecule has 0 aromatic heterocycles. The number of hydrogen-bond acceptors (Lipinski definition) is 4. The Morgan fingerprint density at radius 3 is 2.52 bits per heavy atom. The fourth-order valence-corrected chi connectivity index (χ4v) is 1.80. The summed E-state index contributed by atoms with van der Waals surface area (Å²) < 4.78 is 10.5. The van der Waals surface area contributed by atoms with E-state index in [0.717, 1.165) is 10.8 Å². The minimum atomic E-state index is -0.427. The Kier molecular flexibility index (Phi) is 6.86. The third-order valence-electron chi connectivity index (χ3n) is 2.78. The van der Waals surface area contributed by atoms with Crippen LogP contribution in [0.1, 0.15) is 6.92 Å². The number of rotatable bonds is 5. The van der Waals surface area contributed by atoms with Crippen LogP contribution in [0.3, 0.4) is 0 Å². The van der Waals surface area contributed by atoms with E-state index in [1.165, 1.54) is 0 Å². The zero-order valence-corrected chi connectivity index (χ0v) is 14.7. The van der Waals surface area contributed by atoms with Crippen molar-refractivity contribution in [3.63, 3.8) is 0 Å². The summed E-state index contributed by atoms with van der Waals surface area (Å²) in [4.78, 5) is 11.2. The molecule has 2 rings (SSSR count). The first-order valence-corrected chi connectivity index (χ1v) is 6.25. The smallest absolute Gasteiger partial charge is 0.333 e. The molecule has 0 atom stereocenters. The molecule has 107 valence electrons. The largest absolute Gasteiger partial charge is 0.507 e. The molecule has 0 aliphatic heterocycles. The van der Waals surface area contributed by atoms with Crippen molar-refractivity contribution < 1.29 is 52.1 Å². The van der Waals surface area contributed by atoms with E-state index in [9.17, 15) is 9.90 Å². The predicted molar refractivity (Wildman–Crippen MR) is 76.9 cm³/mol. The number of phenols is 1. The summed E-state index contributed by atoms with van der Waals surface area (Å²) in [6, 6.07) is 10.7. The van der Waals surface area contributed by atoms with Gasteiger partial charge < -0.3 is 14.6 Å². The third-order valence-corrected chi connectivity index (χ3v) is 2.78. The Labute approximate surface area is 148 Å². The van der Waals surface area contributed by atoms with Gasteiger partial charge >= 0.3 is 5.97 Å². The van der Waals surface area contributed by atoms with Crippen LogP contribution < -0.4 is 4.74 Å². The van der Waals surface area contributed by atoms with E-state index in [0.29, 0.717) is 11.3 Å². The van der Waals surface area contributed by atoms with Gasteiger partial charge in [0.1, 0.15) is 24.7 Å². The molecule has 1 N–H and O–H groups in total. The number of carbonyl (C=O) groups is 1. The number of benzene rings is 2. The van der Waals surface area contributed by atoms with Crippen molar-refractivity contribution in [2.45, 2.75) is 6.92 Å². The summed E-state index contributed by atoms with van der Waals surface area (Å²) in [5.74, 6) is 0.426. The van der Waals surface area contributed by atoms with Crippen molar-refractivity contribution >= 4 is 16.7 Å². The van der Waals surface area contributed by atoms with Crippen LogP contribution in [0.25, 0.3) is 10.8 Å². The van der Waals surface area contributed by atoms with Crippen molar-refractivity contribution in [3.8, 4) is 11.5 Å². The molecule has 0 amide bonds. The molecule has 21 heavy (non-hydrogen) atoms. The maximum absolute atomic E-state index is 11.2. The molecular formula is C16H16O4Y. The van der Waals surface area contributed by atoms with Crippen LogP contribution in [-0.2, 0) is 42.2 Å². The predicted octanol–water partition coefficient (Wildman–Crippen LogP) is 3.04. The summed E-state index contributed by atoms with van der Waals surface area (Å²) in [6.07, 6.45) is 0. The number of phenolic OH excluding ortho intramolecular Hbond substituents is 1. The third kappa shape index (κ3) is 4.55. The van der Waals surface area contributed by atoms with Gasteiger partial charge in [-0.15, -0.1) is 0 Å². The second kappa shape index (κ2) is 8.15. The zero-order chi connectivity index (χ0) is 14.5. The van der Waals surface area contributed by atoms with Gasteiger partial charge in [0, 0.05) is 49.1 Å². The molecule has 0 bridgehead atoms. The van der Waals surface area contributed by atoms with Crippen LogP contribution in [0.15, 0.2) is 48.6 Å². The summed E-state index contributed by atoms with van der Waals surface area (Å²) in [7, 11) is 0. The molecule has 0 saturated heterocycles. The molecule has 2 aromatic rings. The molecule has 0 unspecified atom stereocenters. The summed E-state index contributed by atoms with van der Waals surface area (Å²) in [5.41, 5.74) is 0.361. The molecular weight excluding hydrogens is 345 g/mol. The van der Waals surface area contributed by atoms with Gasteiger partial charge in [-0.2, -0.15) is 0 Å². The standard InChI is InChI=1S/C16H16O4.Y/c1-11(2)16(18)20-10-9-19-15-8-4-5-12-13(15)6-3-7-14(12)17;/h3-8,17H,1,9-10H2,2H3;. The molecule has 0 fully saturated rings. The minimum absolute atomic E-state index is 0. The van der Waals surface area contributed by atoms with Crippen LogP contribution in [-0.4, -0.2) is 24.3 Å². The Morgan fingerprint density at radius 1 is 1.14 bits per heavy atom. The maximum Gasteiger partial charge on any atom is 0.333 e.